The van der Waals surface area contributed by atoms with Crippen LogP contribution >= 0.6 is 0 Å². The number of hydrogen-bond donors (Lipinski definition) is 1. The summed E-state index contributed by atoms with van der Waals surface area (Å²) in [6.07, 6.45) is 2.76. The number of aryl methyl sites for hydroxylation is 1. The molecule has 4 rings (SSSR count). The molecule has 1 heterocycles. The normalized spacial score (nSPS) is 11.5. The summed E-state index contributed by atoms with van der Waals surface area (Å²) in [6.45, 7) is 2.03. The maximum Gasteiger partial charge on any atom is 0.199 e. The van der Waals surface area contributed by atoms with Gasteiger partial charge in [-0.25, -0.2) is 40.7 Å². The molecule has 0 aliphatic rings. The Morgan fingerprint density at radius 3 is 1.59 bits per heavy atom. The van der Waals surface area contributed by atoms with Gasteiger partial charge in [-0.15, -0.1) is 0 Å². The summed E-state index contributed by atoms with van der Waals surface area (Å²) in [7, 11) is 0. The average molecular weight is 453 g/mol. The standard InChI is InChI=1S/C22H14F7N3/c1-2-3-4-9-5-7-10(8-6-9)30-18-15(27)16(28)21-22(17(18)29)32-20-14(26)12(24)11(23)13(25)19(20)31-21/h5-8,30H,2-4H2,1H3. The summed E-state index contributed by atoms with van der Waals surface area (Å²) in [6, 6.07) is 6.53. The van der Waals surface area contributed by atoms with E-state index in [0.29, 0.717) is 0 Å². The van der Waals surface area contributed by atoms with Gasteiger partial charge in [0.05, 0.1) is 0 Å². The van der Waals surface area contributed by atoms with E-state index >= 15 is 4.39 Å². The van der Waals surface area contributed by atoms with Crippen molar-refractivity contribution in [3.05, 3.63) is 70.5 Å². The van der Waals surface area contributed by atoms with E-state index in [2.05, 4.69) is 15.3 Å². The van der Waals surface area contributed by atoms with Crippen molar-refractivity contribution < 1.29 is 30.7 Å². The van der Waals surface area contributed by atoms with Gasteiger partial charge in [0, 0.05) is 5.69 Å². The van der Waals surface area contributed by atoms with Crippen molar-refractivity contribution in [2.45, 2.75) is 26.2 Å². The maximum absolute atomic E-state index is 15.0. The Bertz CT molecular complexity index is 1350. The lowest BCUT2D eigenvalue weighted by molar-refractivity contribution is 0.416. The van der Waals surface area contributed by atoms with E-state index in [1.54, 1.807) is 12.1 Å². The molecule has 1 N–H and O–H groups in total. The molecule has 166 valence electrons. The zero-order chi connectivity index (χ0) is 23.2. The topological polar surface area (TPSA) is 37.8 Å². The Morgan fingerprint density at radius 1 is 0.625 bits per heavy atom. The van der Waals surface area contributed by atoms with Gasteiger partial charge < -0.3 is 5.32 Å². The molecule has 0 radical (unpaired) electrons. The van der Waals surface area contributed by atoms with Gasteiger partial charge in [-0.2, -0.15) is 0 Å². The van der Waals surface area contributed by atoms with Gasteiger partial charge in [0.15, 0.2) is 40.7 Å². The van der Waals surface area contributed by atoms with Crippen LogP contribution in [0.2, 0.25) is 0 Å². The van der Waals surface area contributed by atoms with Crippen molar-refractivity contribution >= 4 is 33.4 Å². The third kappa shape index (κ3) is 3.49. The van der Waals surface area contributed by atoms with Gasteiger partial charge in [-0.3, -0.25) is 0 Å². The Kier molecular flexibility index (Phi) is 5.62. The monoisotopic (exact) mass is 453 g/mol. The molecule has 1 aromatic heterocycles. The molecule has 0 saturated carbocycles. The van der Waals surface area contributed by atoms with Gasteiger partial charge in [0.1, 0.15) is 27.8 Å². The van der Waals surface area contributed by atoms with E-state index in [-0.39, 0.29) is 5.69 Å². The highest BCUT2D eigenvalue weighted by atomic mass is 19.2. The van der Waals surface area contributed by atoms with E-state index in [9.17, 15) is 26.3 Å². The molecule has 0 fully saturated rings. The summed E-state index contributed by atoms with van der Waals surface area (Å²) in [5, 5.41) is 2.39. The van der Waals surface area contributed by atoms with Crippen molar-refractivity contribution in [2.24, 2.45) is 0 Å². The van der Waals surface area contributed by atoms with Crippen LogP contribution in [-0.4, -0.2) is 9.97 Å². The molecule has 3 nitrogen and oxygen atoms in total. The number of aromatic nitrogens is 2. The molecule has 0 spiro atoms. The number of hydrogen-bond acceptors (Lipinski definition) is 3. The molecule has 0 bridgehead atoms. The number of benzene rings is 3. The molecule has 0 aliphatic carbocycles. The second-order valence-electron chi connectivity index (χ2n) is 7.12. The largest absolute Gasteiger partial charge is 0.351 e. The highest BCUT2D eigenvalue weighted by Crippen LogP contribution is 2.34. The van der Waals surface area contributed by atoms with Crippen LogP contribution in [0.15, 0.2) is 24.3 Å². The summed E-state index contributed by atoms with van der Waals surface area (Å²) in [5.74, 6) is -13.2. The first-order valence-corrected chi connectivity index (χ1v) is 9.60. The summed E-state index contributed by atoms with van der Waals surface area (Å²) in [5.41, 5.74) is -4.18. The minimum atomic E-state index is -2.20. The summed E-state index contributed by atoms with van der Waals surface area (Å²) in [4.78, 5) is 6.67. The molecule has 0 aliphatic heterocycles. The number of rotatable bonds is 5. The number of fused-ring (bicyclic) bond motifs is 2. The van der Waals surface area contributed by atoms with Crippen molar-refractivity contribution in [3.63, 3.8) is 0 Å². The molecule has 10 heteroatoms. The molecule has 0 saturated heterocycles. The first-order chi connectivity index (χ1) is 15.2. The minimum Gasteiger partial charge on any atom is -0.351 e. The molecular weight excluding hydrogens is 439 g/mol. The molecule has 0 unspecified atom stereocenters. The summed E-state index contributed by atoms with van der Waals surface area (Å²) < 4.78 is 99.3. The molecule has 4 aromatic rings. The lowest BCUT2D eigenvalue weighted by Gasteiger charge is -2.13. The van der Waals surface area contributed by atoms with Gasteiger partial charge in [0.25, 0.3) is 0 Å². The molecule has 3 aromatic carbocycles. The zero-order valence-electron chi connectivity index (χ0n) is 16.5. The minimum absolute atomic E-state index is 0.223. The second kappa shape index (κ2) is 8.25. The first kappa shape index (κ1) is 21.8. The van der Waals surface area contributed by atoms with Crippen LogP contribution in [0.1, 0.15) is 25.3 Å². The quantitative estimate of drug-likeness (QED) is 0.156. The predicted molar refractivity (Wildman–Crippen MR) is 105 cm³/mol. The SMILES string of the molecule is CCCCc1ccc(Nc2c(F)c(F)c3nc4c(F)c(F)c(F)c(F)c4nc3c2F)cc1. The Labute approximate surface area is 176 Å². The van der Waals surface area contributed by atoms with Gasteiger partial charge >= 0.3 is 0 Å². The summed E-state index contributed by atoms with van der Waals surface area (Å²) >= 11 is 0. The third-order valence-corrected chi connectivity index (χ3v) is 4.98. The molecule has 0 amide bonds. The van der Waals surface area contributed by atoms with Crippen molar-refractivity contribution in [1.82, 2.24) is 9.97 Å². The van der Waals surface area contributed by atoms with Crippen LogP contribution < -0.4 is 5.32 Å². The van der Waals surface area contributed by atoms with E-state index in [0.717, 1.165) is 24.8 Å². The smallest absolute Gasteiger partial charge is 0.199 e. The van der Waals surface area contributed by atoms with Crippen LogP contribution in [0.3, 0.4) is 0 Å². The Balaban J connectivity index is 1.87. The average Bonchev–Trinajstić information content (AvgIpc) is 2.81. The van der Waals surface area contributed by atoms with Gasteiger partial charge in [-0.05, 0) is 30.5 Å². The van der Waals surface area contributed by atoms with Crippen LogP contribution in [-0.2, 0) is 6.42 Å². The molecule has 0 atom stereocenters. The van der Waals surface area contributed by atoms with E-state index in [1.165, 1.54) is 12.1 Å². The fourth-order valence-corrected chi connectivity index (χ4v) is 3.27. The zero-order valence-corrected chi connectivity index (χ0v) is 16.5. The Hall–Kier alpha value is -3.43. The predicted octanol–water partition coefficient (Wildman–Crippen LogP) is 6.84. The molecule has 32 heavy (non-hydrogen) atoms. The van der Waals surface area contributed by atoms with Crippen LogP contribution in [0.25, 0.3) is 22.1 Å². The molecular formula is C22H14F7N3. The number of unbranched alkanes of at least 4 members (excludes halogenated alkanes) is 1. The highest BCUT2D eigenvalue weighted by Gasteiger charge is 2.27. The van der Waals surface area contributed by atoms with Crippen LogP contribution in [0.5, 0.6) is 0 Å². The van der Waals surface area contributed by atoms with Crippen molar-refractivity contribution in [1.29, 1.82) is 0 Å². The van der Waals surface area contributed by atoms with Gasteiger partial charge in [0.2, 0.25) is 0 Å². The maximum atomic E-state index is 15.0. The van der Waals surface area contributed by atoms with E-state index in [1.807, 2.05) is 6.92 Å². The fourth-order valence-electron chi connectivity index (χ4n) is 3.27. The number of nitrogens with one attached hydrogen (secondary N) is 1. The number of halogens is 7. The first-order valence-electron chi connectivity index (χ1n) is 9.60. The van der Waals surface area contributed by atoms with Crippen molar-refractivity contribution in [3.8, 4) is 0 Å². The third-order valence-electron chi connectivity index (χ3n) is 4.98. The van der Waals surface area contributed by atoms with Crippen LogP contribution in [0, 0.1) is 40.7 Å². The Morgan fingerprint density at radius 2 is 1.09 bits per heavy atom. The second-order valence-corrected chi connectivity index (χ2v) is 7.12. The van der Waals surface area contributed by atoms with Gasteiger partial charge in [-0.1, -0.05) is 25.5 Å². The number of nitrogens with zero attached hydrogens (tertiary/aromatic N) is 2. The van der Waals surface area contributed by atoms with E-state index in [4.69, 9.17) is 0 Å². The van der Waals surface area contributed by atoms with Crippen molar-refractivity contribution in [2.75, 3.05) is 5.32 Å². The van der Waals surface area contributed by atoms with E-state index < -0.39 is 68.5 Å². The number of anilines is 2. The highest BCUT2D eigenvalue weighted by molar-refractivity contribution is 5.90. The fraction of sp³-hybridized carbons (Fsp3) is 0.182. The lowest BCUT2D eigenvalue weighted by Crippen LogP contribution is -2.07. The van der Waals surface area contributed by atoms with Crippen LogP contribution in [0.4, 0.5) is 42.1 Å². The lowest BCUT2D eigenvalue weighted by atomic mass is 10.1.